The van der Waals surface area contributed by atoms with Crippen LogP contribution in [-0.4, -0.2) is 9.97 Å². The van der Waals surface area contributed by atoms with Gasteiger partial charge in [-0.2, -0.15) is 0 Å². The fourth-order valence-electron chi connectivity index (χ4n) is 1.58. The molecule has 0 unspecified atom stereocenters. The Bertz CT molecular complexity index is 597. The Balaban J connectivity index is 2.29. The lowest BCUT2D eigenvalue weighted by atomic mass is 10.2. The van der Waals surface area contributed by atoms with Gasteiger partial charge in [0.05, 0.1) is 0 Å². The molecule has 0 aliphatic rings. The Morgan fingerprint density at radius 1 is 1.11 bits per heavy atom. The molecule has 0 radical (unpaired) electrons. The van der Waals surface area contributed by atoms with Gasteiger partial charge in [0.15, 0.2) is 0 Å². The van der Waals surface area contributed by atoms with Crippen LogP contribution < -0.4 is 5.32 Å². The maximum atomic E-state index is 6.09. The van der Waals surface area contributed by atoms with Crippen molar-refractivity contribution in [3.05, 3.63) is 45.8 Å². The van der Waals surface area contributed by atoms with Crippen molar-refractivity contribution >= 4 is 34.7 Å². The molecule has 2 aromatic rings. The van der Waals surface area contributed by atoms with Crippen molar-refractivity contribution in [1.29, 1.82) is 0 Å². The molecule has 1 heterocycles. The van der Waals surface area contributed by atoms with E-state index in [1.54, 1.807) is 6.07 Å². The Morgan fingerprint density at radius 3 is 2.47 bits per heavy atom. The fourth-order valence-corrected chi connectivity index (χ4v) is 1.95. The van der Waals surface area contributed by atoms with Gasteiger partial charge in [-0.05, 0) is 24.6 Å². The molecular weight excluding hydrogens is 281 g/mol. The summed E-state index contributed by atoms with van der Waals surface area (Å²) in [5.41, 5.74) is 1.91. The number of halogens is 2. The third kappa shape index (κ3) is 3.58. The topological polar surface area (TPSA) is 37.8 Å². The summed E-state index contributed by atoms with van der Waals surface area (Å²) in [6, 6.07) is 7.46. The van der Waals surface area contributed by atoms with E-state index in [0.29, 0.717) is 21.8 Å². The Morgan fingerprint density at radius 2 is 1.84 bits per heavy atom. The number of aromatic nitrogens is 2. The molecule has 19 heavy (non-hydrogen) atoms. The quantitative estimate of drug-likeness (QED) is 0.813. The van der Waals surface area contributed by atoms with Gasteiger partial charge in [-0.3, -0.25) is 0 Å². The van der Waals surface area contributed by atoms with Crippen LogP contribution in [0.4, 0.5) is 11.5 Å². The predicted octanol–water partition coefficient (Wildman–Crippen LogP) is 4.96. The third-order valence-corrected chi connectivity index (χ3v) is 3.27. The van der Waals surface area contributed by atoms with Crippen molar-refractivity contribution in [2.24, 2.45) is 0 Å². The summed E-state index contributed by atoms with van der Waals surface area (Å²) in [5.74, 6) is 1.61. The first-order chi connectivity index (χ1) is 8.95. The van der Waals surface area contributed by atoms with Gasteiger partial charge in [-0.1, -0.05) is 43.1 Å². The van der Waals surface area contributed by atoms with Crippen molar-refractivity contribution in [3.63, 3.8) is 0 Å². The number of hydrogen-bond donors (Lipinski definition) is 1. The highest BCUT2D eigenvalue weighted by atomic mass is 35.5. The zero-order chi connectivity index (χ0) is 14.0. The fraction of sp³-hybridized carbons (Fsp3) is 0.286. The van der Waals surface area contributed by atoms with E-state index in [2.05, 4.69) is 15.3 Å². The van der Waals surface area contributed by atoms with E-state index in [0.717, 1.165) is 11.3 Å². The largest absolute Gasteiger partial charge is 0.340 e. The van der Waals surface area contributed by atoms with Gasteiger partial charge in [0.25, 0.3) is 0 Å². The predicted molar refractivity (Wildman–Crippen MR) is 80.6 cm³/mol. The normalized spacial score (nSPS) is 10.8. The van der Waals surface area contributed by atoms with Crippen molar-refractivity contribution in [2.45, 2.75) is 26.7 Å². The molecule has 0 fully saturated rings. The van der Waals surface area contributed by atoms with Gasteiger partial charge in [-0.25, -0.2) is 9.97 Å². The maximum absolute atomic E-state index is 6.09. The molecule has 1 N–H and O–H groups in total. The molecule has 0 atom stereocenters. The molecule has 0 saturated heterocycles. The molecular formula is C14H15Cl2N3. The molecule has 5 heteroatoms. The number of aryl methyl sites for hydroxylation is 1. The van der Waals surface area contributed by atoms with Crippen LogP contribution in [0.25, 0.3) is 0 Å². The van der Waals surface area contributed by atoms with Crippen LogP contribution in [-0.2, 0) is 0 Å². The second-order valence-electron chi connectivity index (χ2n) is 4.68. The van der Waals surface area contributed by atoms with Crippen molar-refractivity contribution in [3.8, 4) is 0 Å². The lowest BCUT2D eigenvalue weighted by Crippen LogP contribution is -2.02. The zero-order valence-electron chi connectivity index (χ0n) is 11.0. The number of hydrogen-bond acceptors (Lipinski definition) is 3. The number of nitrogens with zero attached hydrogens (tertiary/aromatic N) is 2. The molecule has 100 valence electrons. The van der Waals surface area contributed by atoms with E-state index >= 15 is 0 Å². The molecule has 0 amide bonds. The lowest BCUT2D eigenvalue weighted by Gasteiger charge is -2.10. The molecule has 3 nitrogen and oxygen atoms in total. The molecule has 2 rings (SSSR count). The van der Waals surface area contributed by atoms with E-state index in [4.69, 9.17) is 23.2 Å². The van der Waals surface area contributed by atoms with Crippen molar-refractivity contribution < 1.29 is 0 Å². The van der Waals surface area contributed by atoms with E-state index in [1.165, 1.54) is 0 Å². The third-order valence-electron chi connectivity index (χ3n) is 2.67. The van der Waals surface area contributed by atoms with Gasteiger partial charge in [-0.15, -0.1) is 0 Å². The zero-order valence-corrected chi connectivity index (χ0v) is 12.5. The van der Waals surface area contributed by atoms with Crippen LogP contribution in [0.1, 0.15) is 31.2 Å². The van der Waals surface area contributed by atoms with Crippen LogP contribution in [0.5, 0.6) is 0 Å². The molecule has 0 spiro atoms. The highest BCUT2D eigenvalue weighted by Crippen LogP contribution is 2.24. The van der Waals surface area contributed by atoms with Gasteiger partial charge in [0.1, 0.15) is 16.8 Å². The average molecular weight is 296 g/mol. The van der Waals surface area contributed by atoms with Crippen molar-refractivity contribution in [1.82, 2.24) is 9.97 Å². The summed E-state index contributed by atoms with van der Waals surface area (Å²) < 4.78 is 0. The van der Waals surface area contributed by atoms with Crippen LogP contribution in [0.15, 0.2) is 24.3 Å². The second kappa shape index (κ2) is 5.76. The summed E-state index contributed by atoms with van der Waals surface area (Å²) in [4.78, 5) is 8.63. The molecule has 0 aliphatic carbocycles. The number of nitrogens with one attached hydrogen (secondary N) is 1. The van der Waals surface area contributed by atoms with Crippen LogP contribution in [0.3, 0.4) is 0 Å². The molecule has 0 saturated carbocycles. The summed E-state index contributed by atoms with van der Waals surface area (Å²) in [5, 5.41) is 4.33. The second-order valence-corrected chi connectivity index (χ2v) is 5.47. The van der Waals surface area contributed by atoms with E-state index in [9.17, 15) is 0 Å². The van der Waals surface area contributed by atoms with E-state index in [-0.39, 0.29) is 5.92 Å². The summed E-state index contributed by atoms with van der Waals surface area (Å²) in [6.07, 6.45) is 0. The first-order valence-electron chi connectivity index (χ1n) is 6.03. The summed E-state index contributed by atoms with van der Waals surface area (Å²) in [6.45, 7) is 6.01. The Hall–Kier alpha value is -1.32. The van der Waals surface area contributed by atoms with Crippen LogP contribution >= 0.6 is 23.2 Å². The average Bonchev–Trinajstić information content (AvgIpc) is 2.33. The molecule has 1 aromatic carbocycles. The van der Waals surface area contributed by atoms with Gasteiger partial charge >= 0.3 is 0 Å². The number of benzene rings is 1. The van der Waals surface area contributed by atoms with E-state index < -0.39 is 0 Å². The Kier molecular flexibility index (Phi) is 4.27. The molecule has 1 aromatic heterocycles. The van der Waals surface area contributed by atoms with Gasteiger partial charge in [0, 0.05) is 22.7 Å². The first-order valence-corrected chi connectivity index (χ1v) is 6.79. The maximum Gasteiger partial charge on any atom is 0.135 e. The number of anilines is 2. The Labute approximate surface area is 123 Å². The van der Waals surface area contributed by atoms with Gasteiger partial charge in [0.2, 0.25) is 0 Å². The SMILES string of the molecule is Cc1ccc(Nc2cc(Cl)nc(C(C)C)n2)cc1Cl. The first kappa shape index (κ1) is 14.1. The smallest absolute Gasteiger partial charge is 0.135 e. The van der Waals surface area contributed by atoms with Crippen molar-refractivity contribution in [2.75, 3.05) is 5.32 Å². The highest BCUT2D eigenvalue weighted by molar-refractivity contribution is 6.31. The van der Waals surface area contributed by atoms with Crippen LogP contribution in [0.2, 0.25) is 10.2 Å². The monoisotopic (exact) mass is 295 g/mol. The standard InChI is InChI=1S/C14H15Cl2N3/c1-8(2)14-18-12(16)7-13(19-14)17-10-5-4-9(3)11(15)6-10/h4-8H,1-3H3,(H,17,18,19). The minimum absolute atomic E-state index is 0.223. The molecule has 0 aliphatic heterocycles. The molecule has 0 bridgehead atoms. The summed E-state index contributed by atoms with van der Waals surface area (Å²) >= 11 is 12.1. The minimum atomic E-state index is 0.223. The lowest BCUT2D eigenvalue weighted by molar-refractivity contribution is 0.776. The number of rotatable bonds is 3. The van der Waals surface area contributed by atoms with Crippen LogP contribution in [0, 0.1) is 6.92 Å². The van der Waals surface area contributed by atoms with Gasteiger partial charge < -0.3 is 5.32 Å². The summed E-state index contributed by atoms with van der Waals surface area (Å²) in [7, 11) is 0. The van der Waals surface area contributed by atoms with E-state index in [1.807, 2.05) is 39.0 Å². The minimum Gasteiger partial charge on any atom is -0.340 e. The highest BCUT2D eigenvalue weighted by Gasteiger charge is 2.07.